The Balaban J connectivity index is 1.60. The first-order valence-electron chi connectivity index (χ1n) is 17.3. The van der Waals surface area contributed by atoms with Crippen molar-refractivity contribution in [2.24, 2.45) is 34.8 Å². The maximum absolute atomic E-state index is 13.9. The van der Waals surface area contributed by atoms with Crippen LogP contribution in [0.2, 0.25) is 0 Å². The second kappa shape index (κ2) is 15.2. The lowest BCUT2D eigenvalue weighted by molar-refractivity contribution is -0.140. The summed E-state index contributed by atoms with van der Waals surface area (Å²) in [5, 5.41) is 17.1. The Bertz CT molecular complexity index is 1830. The van der Waals surface area contributed by atoms with Gasteiger partial charge in [0.25, 0.3) is 0 Å². The van der Waals surface area contributed by atoms with E-state index >= 15 is 0 Å². The van der Waals surface area contributed by atoms with Gasteiger partial charge in [0.1, 0.15) is 11.7 Å². The maximum atomic E-state index is 13.9. The van der Waals surface area contributed by atoms with Crippen molar-refractivity contribution in [2.45, 2.75) is 70.2 Å². The van der Waals surface area contributed by atoms with Crippen molar-refractivity contribution in [2.75, 3.05) is 44.8 Å². The number of fused-ring (bicyclic) bond motifs is 2. The zero-order valence-corrected chi connectivity index (χ0v) is 31.2. The maximum Gasteiger partial charge on any atom is 0.320 e. The third-order valence-corrected chi connectivity index (χ3v) is 13.4. The van der Waals surface area contributed by atoms with Crippen LogP contribution in [0.25, 0.3) is 21.5 Å². The summed E-state index contributed by atoms with van der Waals surface area (Å²) >= 11 is 0. The molecule has 15 heteroatoms. The molecule has 2 aliphatic heterocycles. The number of nitrogens with zero attached hydrogens (tertiary/aromatic N) is 3. The number of nitroso groups, excluding NO2 is 1. The topological polar surface area (TPSA) is 175 Å². The molecule has 3 aromatic rings. The lowest BCUT2D eigenvalue weighted by Crippen LogP contribution is -2.42. The molecule has 0 spiro atoms. The first-order chi connectivity index (χ1) is 23.5. The zero-order chi connectivity index (χ0) is 36.5. The van der Waals surface area contributed by atoms with E-state index in [0.717, 1.165) is 12.8 Å². The van der Waals surface area contributed by atoms with Gasteiger partial charge in [0.2, 0.25) is 20.0 Å². The molecule has 0 bridgehead atoms. The molecule has 0 saturated carbocycles. The average Bonchev–Trinajstić information content (AvgIpc) is 3.04. The van der Waals surface area contributed by atoms with Gasteiger partial charge in [0.15, 0.2) is 0 Å². The molecule has 2 aliphatic rings. The minimum Gasteiger partial charge on any atom is -0.480 e. The van der Waals surface area contributed by atoms with Crippen molar-refractivity contribution in [3.05, 3.63) is 41.3 Å². The van der Waals surface area contributed by atoms with Crippen LogP contribution in [0, 0.1) is 34.5 Å². The lowest BCUT2D eigenvalue weighted by atomic mass is 9.94. The highest BCUT2D eigenvalue weighted by Crippen LogP contribution is 2.44. The van der Waals surface area contributed by atoms with Gasteiger partial charge in [0.05, 0.1) is 22.1 Å². The van der Waals surface area contributed by atoms with Crippen molar-refractivity contribution in [3.8, 4) is 0 Å². The molecule has 5 atom stereocenters. The zero-order valence-electron chi connectivity index (χ0n) is 29.5. The van der Waals surface area contributed by atoms with Crippen molar-refractivity contribution in [1.29, 1.82) is 0 Å². The second-order valence-electron chi connectivity index (χ2n) is 14.7. The second-order valence-corrected chi connectivity index (χ2v) is 18.6. The van der Waals surface area contributed by atoms with Gasteiger partial charge in [-0.2, -0.15) is 8.61 Å². The molecular weight excluding hydrogens is 683 g/mol. The van der Waals surface area contributed by atoms with E-state index in [1.165, 1.54) is 32.9 Å². The summed E-state index contributed by atoms with van der Waals surface area (Å²) in [6, 6.07) is 8.25. The van der Waals surface area contributed by atoms with Gasteiger partial charge in [-0.15, -0.1) is 4.91 Å². The predicted molar refractivity (Wildman–Crippen MR) is 194 cm³/mol. The summed E-state index contributed by atoms with van der Waals surface area (Å²) < 4.78 is 58.6. The van der Waals surface area contributed by atoms with E-state index in [4.69, 9.17) is 4.84 Å². The predicted octanol–water partition coefficient (Wildman–Crippen LogP) is 5.77. The standard InChI is InChI=1S/C35H49N5O8S2/c1-21(2)32(35(41)42)36-11-12-48-38-34-28-9-7-26(49(44,45)39-17-22(3)13-23(4)18-39)15-30(28)33(37-43)31-16-27(8-10-29(31)34)50(46,47)40-19-24(5)14-25(6)20-40/h7-10,15-16,21-25,32,36,38H,11-14,17-20H2,1-6H3,(H,41,42)/t22-,23+,24-,25+,32-/m0/s1. The number of rotatable bonds is 13. The number of piperidine rings is 2. The number of carboxylic acids is 1. The molecule has 0 amide bonds. The van der Waals surface area contributed by atoms with Crippen LogP contribution in [0.1, 0.15) is 54.4 Å². The Morgan fingerprint density at radius 1 is 0.820 bits per heavy atom. The van der Waals surface area contributed by atoms with Crippen LogP contribution in [-0.2, 0) is 29.7 Å². The van der Waals surface area contributed by atoms with Gasteiger partial charge in [0, 0.05) is 54.3 Å². The number of hydrogen-bond acceptors (Lipinski definition) is 10. The van der Waals surface area contributed by atoms with E-state index < -0.39 is 32.1 Å². The van der Waals surface area contributed by atoms with Crippen molar-refractivity contribution in [3.63, 3.8) is 0 Å². The molecule has 2 saturated heterocycles. The molecule has 0 aliphatic carbocycles. The molecule has 3 aromatic carbocycles. The Hall–Kier alpha value is -3.21. The van der Waals surface area contributed by atoms with Crippen LogP contribution >= 0.6 is 0 Å². The van der Waals surface area contributed by atoms with Gasteiger partial charge in [-0.3, -0.25) is 15.1 Å². The van der Waals surface area contributed by atoms with Crippen LogP contribution in [0.5, 0.6) is 0 Å². The van der Waals surface area contributed by atoms with E-state index in [0.29, 0.717) is 42.6 Å². The molecule has 50 heavy (non-hydrogen) atoms. The highest BCUT2D eigenvalue weighted by molar-refractivity contribution is 7.89. The number of nitrogens with one attached hydrogen (secondary N) is 2. The highest BCUT2D eigenvalue weighted by Gasteiger charge is 2.34. The van der Waals surface area contributed by atoms with Gasteiger partial charge in [-0.05, 0) is 71.9 Å². The van der Waals surface area contributed by atoms with Gasteiger partial charge in [-0.1, -0.05) is 53.7 Å². The van der Waals surface area contributed by atoms with Crippen LogP contribution < -0.4 is 10.8 Å². The number of carbonyl (C=O) groups is 1. The average molecular weight is 732 g/mol. The molecule has 0 aromatic heterocycles. The number of anilines is 1. The molecule has 2 heterocycles. The molecule has 2 fully saturated rings. The van der Waals surface area contributed by atoms with Gasteiger partial charge in [-0.25, -0.2) is 16.8 Å². The minimum absolute atomic E-state index is 0.0000781. The lowest BCUT2D eigenvalue weighted by Gasteiger charge is -2.34. The molecule has 0 radical (unpaired) electrons. The summed E-state index contributed by atoms with van der Waals surface area (Å²) in [5.41, 5.74) is 3.23. The third kappa shape index (κ3) is 7.82. The van der Waals surface area contributed by atoms with Gasteiger partial charge >= 0.3 is 5.97 Å². The number of carboxylic acid groups (broad SMARTS) is 1. The third-order valence-electron chi connectivity index (χ3n) is 9.74. The molecule has 274 valence electrons. The Labute approximate surface area is 294 Å². The quantitative estimate of drug-likeness (QED) is 0.0848. The normalized spacial score (nSPS) is 23.3. The molecule has 0 unspecified atom stereocenters. The SMILES string of the molecule is CC(C)[C@H](NCCONc1c2ccc(S(=O)(=O)N3C[C@H](C)C[C@H](C)C3)cc2c(N=O)c2cc(S(=O)(=O)N3C[C@H](C)C[C@H](C)C3)ccc12)C(=O)O. The van der Waals surface area contributed by atoms with E-state index in [1.807, 2.05) is 27.7 Å². The monoisotopic (exact) mass is 731 g/mol. The van der Waals surface area contributed by atoms with E-state index in [-0.39, 0.29) is 69.0 Å². The summed E-state index contributed by atoms with van der Waals surface area (Å²) in [6.07, 6.45) is 1.85. The number of sulfonamides is 2. The number of benzene rings is 3. The first-order valence-corrected chi connectivity index (χ1v) is 20.1. The Morgan fingerprint density at radius 2 is 1.26 bits per heavy atom. The van der Waals surface area contributed by atoms with Crippen LogP contribution in [-0.4, -0.2) is 81.9 Å². The largest absolute Gasteiger partial charge is 0.480 e. The van der Waals surface area contributed by atoms with Crippen molar-refractivity contribution in [1.82, 2.24) is 13.9 Å². The Morgan fingerprint density at radius 3 is 1.64 bits per heavy atom. The number of hydrogen-bond donors (Lipinski definition) is 3. The van der Waals surface area contributed by atoms with Crippen LogP contribution in [0.3, 0.4) is 0 Å². The van der Waals surface area contributed by atoms with Crippen LogP contribution in [0.15, 0.2) is 51.4 Å². The van der Waals surface area contributed by atoms with E-state index in [1.54, 1.807) is 26.0 Å². The molecular formula is C35H49N5O8S2. The first kappa shape index (κ1) is 38.0. The summed E-state index contributed by atoms with van der Waals surface area (Å²) in [7, 11) is -7.87. The summed E-state index contributed by atoms with van der Waals surface area (Å²) in [4.78, 5) is 30.0. The van der Waals surface area contributed by atoms with Crippen molar-refractivity contribution < 1.29 is 31.6 Å². The Kier molecular flexibility index (Phi) is 11.5. The van der Waals surface area contributed by atoms with Gasteiger partial charge < -0.3 is 10.4 Å². The fourth-order valence-corrected chi connectivity index (χ4v) is 11.0. The smallest absolute Gasteiger partial charge is 0.320 e. The molecule has 13 nitrogen and oxygen atoms in total. The summed E-state index contributed by atoms with van der Waals surface area (Å²) in [5.74, 6) is -0.383. The van der Waals surface area contributed by atoms with E-state index in [2.05, 4.69) is 16.0 Å². The molecule has 3 N–H and O–H groups in total. The van der Waals surface area contributed by atoms with Crippen molar-refractivity contribution >= 4 is 58.9 Å². The fraction of sp³-hybridized carbons (Fsp3) is 0.571. The molecule has 5 rings (SSSR count). The fourth-order valence-electron chi connectivity index (χ4n) is 7.59. The summed E-state index contributed by atoms with van der Waals surface area (Å²) in [6.45, 7) is 13.5. The number of aliphatic carboxylic acids is 1. The highest BCUT2D eigenvalue weighted by atomic mass is 32.2. The van der Waals surface area contributed by atoms with Crippen LogP contribution in [0.4, 0.5) is 11.4 Å². The van der Waals surface area contributed by atoms with E-state index in [9.17, 15) is 31.6 Å². The minimum atomic E-state index is -3.93.